The molecule has 122 valence electrons. The number of nitrogens with one attached hydrogen (secondary N) is 1. The van der Waals surface area contributed by atoms with E-state index in [2.05, 4.69) is 4.72 Å². The van der Waals surface area contributed by atoms with E-state index in [0.717, 1.165) is 5.56 Å². The zero-order valence-electron chi connectivity index (χ0n) is 12.1. The fraction of sp³-hybridized carbons (Fsp3) is 0.0588. The molecule has 3 aromatic carbocycles. The zero-order chi connectivity index (χ0) is 15.1. The average Bonchev–Trinajstić information content (AvgIpc) is 3.17. The second-order valence-corrected chi connectivity index (χ2v) is 6.19. The van der Waals surface area contributed by atoms with Crippen LogP contribution < -0.4 is 4.72 Å². The Labute approximate surface area is 142 Å². The Hall–Kier alpha value is -1.81. The average molecular weight is 355 g/mol. The molecule has 3 rings (SSSR count). The van der Waals surface area contributed by atoms with Gasteiger partial charge in [0.25, 0.3) is 0 Å². The summed E-state index contributed by atoms with van der Waals surface area (Å²) in [4.78, 5) is 0.288. The van der Waals surface area contributed by atoms with Crippen molar-refractivity contribution in [2.75, 3.05) is 4.72 Å². The molecule has 0 bridgehead atoms. The normalized spacial score (nSPS) is 10.0. The van der Waals surface area contributed by atoms with Crippen LogP contribution in [0, 0.1) is 6.92 Å². The van der Waals surface area contributed by atoms with E-state index in [-0.39, 0.29) is 22.0 Å². The molecule has 0 saturated carbocycles. The van der Waals surface area contributed by atoms with Gasteiger partial charge in [-0.2, -0.15) is 12.1 Å². The molecule has 3 nitrogen and oxygen atoms in total. The molecule has 0 atom stereocenters. The van der Waals surface area contributed by atoms with Crippen molar-refractivity contribution in [3.8, 4) is 0 Å². The van der Waals surface area contributed by atoms with Gasteiger partial charge in [0.2, 0.25) is 10.0 Å². The van der Waals surface area contributed by atoms with Crippen molar-refractivity contribution in [2.45, 2.75) is 11.8 Å². The molecule has 3 aromatic rings. The number of aryl methyl sites for hydroxylation is 1. The summed E-state index contributed by atoms with van der Waals surface area (Å²) in [7, 11) is -3.44. The molecule has 0 aliphatic carbocycles. The maximum Gasteiger partial charge on any atom is 0.214 e. The van der Waals surface area contributed by atoms with E-state index in [0.29, 0.717) is 5.69 Å². The van der Waals surface area contributed by atoms with Gasteiger partial charge in [-0.1, -0.05) is 18.2 Å². The number of hydrogen-bond donors (Lipinski definition) is 1. The molecule has 0 amide bonds. The molecule has 0 saturated heterocycles. The minimum atomic E-state index is -3.44. The zero-order valence-corrected chi connectivity index (χ0v) is 14.0. The Bertz CT molecular complexity index is 731. The molecule has 22 heavy (non-hydrogen) atoms. The first-order valence-electron chi connectivity index (χ1n) is 6.56. The van der Waals surface area contributed by atoms with E-state index in [1.807, 2.05) is 49.4 Å². The third-order valence-electron chi connectivity index (χ3n) is 2.89. The third kappa shape index (κ3) is 5.19. The summed E-state index contributed by atoms with van der Waals surface area (Å²) < 4.78 is 26.4. The van der Waals surface area contributed by atoms with Crippen molar-refractivity contribution in [1.29, 1.82) is 0 Å². The second-order valence-electron chi connectivity index (χ2n) is 4.50. The van der Waals surface area contributed by atoms with Crippen LogP contribution in [-0.4, -0.2) is 8.42 Å². The van der Waals surface area contributed by atoms with Gasteiger partial charge < -0.3 is 30.3 Å². The summed E-state index contributed by atoms with van der Waals surface area (Å²) >= 11 is 0. The minimum Gasteiger partial charge on any atom is -0.748 e. The fourth-order valence-electron chi connectivity index (χ4n) is 1.75. The quantitative estimate of drug-likeness (QED) is 0.572. The van der Waals surface area contributed by atoms with E-state index < -0.39 is 10.0 Å². The van der Waals surface area contributed by atoms with E-state index in [1.54, 1.807) is 36.4 Å². The Balaban J connectivity index is 0.000000344. The Morgan fingerprint density at radius 1 is 0.909 bits per heavy atom. The summed E-state index contributed by atoms with van der Waals surface area (Å²) in [5.41, 5.74) is 1.52. The number of sulfonamides is 1. The predicted molar refractivity (Wildman–Crippen MR) is 86.1 cm³/mol. The third-order valence-corrected chi connectivity index (χ3v) is 4.27. The number of hydrogen-bond acceptors (Lipinski definition) is 2. The molecular weight excluding hydrogens is 338 g/mol. The molecule has 0 aliphatic rings. The van der Waals surface area contributed by atoms with Gasteiger partial charge in [0, 0.05) is 17.1 Å². The monoisotopic (exact) mass is 355 g/mol. The predicted octanol–water partition coefficient (Wildman–Crippen LogP) is 3.92. The van der Waals surface area contributed by atoms with Crippen LogP contribution in [0.2, 0.25) is 0 Å². The Kier molecular flexibility index (Phi) is 7.12. The van der Waals surface area contributed by atoms with Crippen molar-refractivity contribution in [2.24, 2.45) is 0 Å². The van der Waals surface area contributed by atoms with Gasteiger partial charge in [0.05, 0.1) is 5.69 Å². The topological polar surface area (TPSA) is 46.2 Å². The molecule has 0 fully saturated rings. The Morgan fingerprint density at radius 2 is 1.41 bits per heavy atom. The molecule has 1 N–H and O–H groups in total. The largest absolute Gasteiger partial charge is 0.748 e. The summed E-state index contributed by atoms with van der Waals surface area (Å²) in [5, 5.41) is 0. The molecule has 0 aliphatic heterocycles. The van der Waals surface area contributed by atoms with Crippen LogP contribution in [0.4, 0.5) is 5.69 Å². The first kappa shape index (κ1) is 18.2. The minimum absolute atomic E-state index is 0. The molecular formula is C17H17FeNO2S-6. The molecule has 0 unspecified atom stereocenters. The van der Waals surface area contributed by atoms with Gasteiger partial charge >= 0.3 is 0 Å². The summed E-state index contributed by atoms with van der Waals surface area (Å²) in [5.74, 6) is 0. The van der Waals surface area contributed by atoms with Crippen molar-refractivity contribution in [3.63, 3.8) is 0 Å². The molecule has 0 radical (unpaired) electrons. The van der Waals surface area contributed by atoms with Crippen LogP contribution in [0.1, 0.15) is 5.56 Å². The first-order valence-corrected chi connectivity index (χ1v) is 8.05. The Morgan fingerprint density at radius 3 is 1.91 bits per heavy atom. The summed E-state index contributed by atoms with van der Waals surface area (Å²) in [6.45, 7) is 1.86. The molecule has 0 spiro atoms. The maximum absolute atomic E-state index is 11.9. The maximum atomic E-state index is 11.9. The van der Waals surface area contributed by atoms with E-state index in [1.165, 1.54) is 0 Å². The van der Waals surface area contributed by atoms with Crippen LogP contribution in [0.15, 0.2) is 83.8 Å². The van der Waals surface area contributed by atoms with Gasteiger partial charge in [0.15, 0.2) is 0 Å². The first-order chi connectivity index (χ1) is 10.1. The summed E-state index contributed by atoms with van der Waals surface area (Å²) in [6.07, 6.45) is 0. The van der Waals surface area contributed by atoms with Crippen LogP contribution in [-0.2, 0) is 27.1 Å². The number of para-hydroxylation sites is 1. The van der Waals surface area contributed by atoms with Crippen molar-refractivity contribution >= 4 is 15.7 Å². The van der Waals surface area contributed by atoms with Crippen molar-refractivity contribution in [1.82, 2.24) is 0 Å². The van der Waals surface area contributed by atoms with Crippen molar-refractivity contribution in [3.05, 3.63) is 84.4 Å². The van der Waals surface area contributed by atoms with Crippen LogP contribution in [0.25, 0.3) is 0 Å². The summed E-state index contributed by atoms with van der Waals surface area (Å²) in [6, 6.07) is 23.8. The van der Waals surface area contributed by atoms with E-state index >= 15 is 0 Å². The molecule has 5 heteroatoms. The SMILES string of the molecule is Cc1ccccc1NS(=O)(=O)[c-]1cccc1.[Fe].[cH-]1[cH-][cH-][cH-][cH-]1. The van der Waals surface area contributed by atoms with Crippen LogP contribution in [0.3, 0.4) is 0 Å². The van der Waals surface area contributed by atoms with Crippen molar-refractivity contribution < 1.29 is 25.5 Å². The fourth-order valence-corrected chi connectivity index (χ4v) is 2.90. The smallest absolute Gasteiger partial charge is 0.214 e. The van der Waals surface area contributed by atoms with E-state index in [9.17, 15) is 8.42 Å². The number of benzene rings is 1. The van der Waals surface area contributed by atoms with Crippen LogP contribution in [0.5, 0.6) is 0 Å². The van der Waals surface area contributed by atoms with Gasteiger partial charge in [-0.25, -0.2) is 20.6 Å². The number of rotatable bonds is 3. The van der Waals surface area contributed by atoms with Gasteiger partial charge in [-0.15, -0.1) is 0 Å². The van der Waals surface area contributed by atoms with Crippen LogP contribution >= 0.6 is 0 Å². The van der Waals surface area contributed by atoms with Gasteiger partial charge in [0.1, 0.15) is 0 Å². The standard InChI is InChI=1S/C12H12NO2S.C5H5.Fe/c1-10-6-2-5-9-12(10)13-16(14,15)11-7-3-4-8-11;1-2-4-5-3-1;/h2-9,13H,1H3;1-5H;/q-1;-5;. The van der Waals surface area contributed by atoms with Gasteiger partial charge in [-0.3, -0.25) is 4.72 Å². The molecule has 0 heterocycles. The van der Waals surface area contributed by atoms with E-state index in [4.69, 9.17) is 0 Å². The van der Waals surface area contributed by atoms with Gasteiger partial charge in [-0.05, 0) is 23.4 Å². The molecule has 0 aromatic heterocycles. The second kappa shape index (κ2) is 8.59. The number of anilines is 1.